The van der Waals surface area contributed by atoms with Gasteiger partial charge in [-0.25, -0.2) is 0 Å². The highest BCUT2D eigenvalue weighted by Crippen LogP contribution is 2.17. The lowest BCUT2D eigenvalue weighted by Gasteiger charge is -2.21. The topological polar surface area (TPSA) is 72.5 Å². The summed E-state index contributed by atoms with van der Waals surface area (Å²) >= 11 is 0. The molecule has 0 aliphatic heterocycles. The number of carbonyl (C=O) groups is 1. The largest absolute Gasteiger partial charge is 0.492 e. The first kappa shape index (κ1) is 20.1. The normalized spacial score (nSPS) is 13.3. The number of ether oxygens (including phenoxy) is 1. The minimum atomic E-state index is -0.775. The van der Waals surface area contributed by atoms with E-state index in [0.717, 1.165) is 12.8 Å². The molecule has 0 saturated carbocycles. The highest BCUT2D eigenvalue weighted by Gasteiger charge is 2.18. The molecule has 2 aromatic rings. The van der Waals surface area contributed by atoms with Gasteiger partial charge >= 0.3 is 0 Å². The summed E-state index contributed by atoms with van der Waals surface area (Å²) in [6.45, 7) is 5.99. The predicted molar refractivity (Wildman–Crippen MR) is 105 cm³/mol. The smallest absolute Gasteiger partial charge is 0.162 e. The summed E-state index contributed by atoms with van der Waals surface area (Å²) in [5.41, 5.74) is 9.60. The highest BCUT2D eigenvalue weighted by atomic mass is 16.5. The van der Waals surface area contributed by atoms with Crippen LogP contribution in [-0.2, 0) is 6.42 Å². The summed E-state index contributed by atoms with van der Waals surface area (Å²) in [4.78, 5) is 12.4. The molecule has 0 aliphatic rings. The monoisotopic (exact) mass is 355 g/mol. The van der Waals surface area contributed by atoms with E-state index in [0.29, 0.717) is 17.7 Å². The first-order valence-corrected chi connectivity index (χ1v) is 9.03. The molecule has 4 nitrogen and oxygen atoms in total. The third-order valence-corrected chi connectivity index (χ3v) is 4.46. The van der Waals surface area contributed by atoms with Crippen LogP contribution in [0.4, 0.5) is 0 Å². The number of benzene rings is 2. The first-order chi connectivity index (χ1) is 12.3. The van der Waals surface area contributed by atoms with E-state index in [4.69, 9.17) is 15.6 Å². The van der Waals surface area contributed by atoms with E-state index >= 15 is 0 Å². The number of Topliss-reactive ketones (excluding diaryl/α,β-unsaturated/α-hetero) is 1. The van der Waals surface area contributed by atoms with E-state index in [1.54, 1.807) is 31.2 Å². The number of aliphatic hydroxyl groups excluding tert-OH is 1. The summed E-state index contributed by atoms with van der Waals surface area (Å²) in [5, 5.41) is 9.14. The van der Waals surface area contributed by atoms with Crippen LogP contribution in [0.1, 0.15) is 46.8 Å². The Morgan fingerprint density at radius 2 is 1.85 bits per heavy atom. The van der Waals surface area contributed by atoms with E-state index in [-0.39, 0.29) is 19.0 Å². The van der Waals surface area contributed by atoms with Gasteiger partial charge in [0.15, 0.2) is 5.78 Å². The molecule has 0 aliphatic carbocycles. The molecule has 0 amide bonds. The van der Waals surface area contributed by atoms with Crippen molar-refractivity contribution in [3.8, 4) is 5.75 Å². The molecule has 1 unspecified atom stereocenters. The lowest BCUT2D eigenvalue weighted by molar-refractivity contribution is 0.0980. The van der Waals surface area contributed by atoms with E-state index < -0.39 is 5.54 Å². The maximum Gasteiger partial charge on any atom is 0.162 e. The van der Waals surface area contributed by atoms with Crippen molar-refractivity contribution in [1.29, 1.82) is 0 Å². The van der Waals surface area contributed by atoms with E-state index in [9.17, 15) is 4.79 Å². The number of hydrogen-bond donors (Lipinski definition) is 2. The fourth-order valence-electron chi connectivity index (χ4n) is 2.68. The van der Waals surface area contributed by atoms with Gasteiger partial charge in [-0.05, 0) is 69.0 Å². The second kappa shape index (κ2) is 8.97. The molecule has 26 heavy (non-hydrogen) atoms. The van der Waals surface area contributed by atoms with Crippen molar-refractivity contribution in [3.63, 3.8) is 0 Å². The SMILES string of the molecule is Cc1ccc(C)c(CCCC(=O)c2ccc(OCC(C)(N)CO)cc2)c1. The quantitative estimate of drug-likeness (QED) is 0.674. The number of carbonyl (C=O) groups excluding carboxylic acids is 1. The van der Waals surface area contributed by atoms with Gasteiger partial charge in [-0.1, -0.05) is 23.8 Å². The van der Waals surface area contributed by atoms with Crippen molar-refractivity contribution in [2.24, 2.45) is 5.73 Å². The maximum absolute atomic E-state index is 12.4. The Bertz CT molecular complexity index is 736. The van der Waals surface area contributed by atoms with E-state index in [1.165, 1.54) is 16.7 Å². The molecular formula is C22H29NO3. The number of hydrogen-bond acceptors (Lipinski definition) is 4. The second-order valence-corrected chi connectivity index (χ2v) is 7.33. The van der Waals surface area contributed by atoms with Crippen molar-refractivity contribution < 1.29 is 14.6 Å². The van der Waals surface area contributed by atoms with Gasteiger partial charge < -0.3 is 15.6 Å². The summed E-state index contributed by atoms with van der Waals surface area (Å²) < 4.78 is 5.56. The van der Waals surface area contributed by atoms with Crippen LogP contribution in [0.25, 0.3) is 0 Å². The predicted octanol–water partition coefficient (Wildman–Crippen LogP) is 3.60. The summed E-state index contributed by atoms with van der Waals surface area (Å²) in [7, 11) is 0. The Morgan fingerprint density at radius 3 is 2.50 bits per heavy atom. The van der Waals surface area contributed by atoms with Crippen LogP contribution in [0.5, 0.6) is 5.75 Å². The molecule has 1 atom stereocenters. The van der Waals surface area contributed by atoms with Crippen LogP contribution >= 0.6 is 0 Å². The standard InChI is InChI=1S/C22H29NO3/c1-16-7-8-17(2)19(13-16)5-4-6-21(25)18-9-11-20(12-10-18)26-15-22(3,23)14-24/h7-13,24H,4-6,14-15,23H2,1-3H3. The Labute approximate surface area is 156 Å². The number of rotatable bonds is 9. The molecule has 0 saturated heterocycles. The molecule has 0 fully saturated rings. The van der Waals surface area contributed by atoms with Crippen molar-refractivity contribution in [1.82, 2.24) is 0 Å². The molecule has 2 rings (SSSR count). The van der Waals surface area contributed by atoms with Crippen molar-refractivity contribution >= 4 is 5.78 Å². The van der Waals surface area contributed by atoms with Gasteiger partial charge in [0.05, 0.1) is 12.1 Å². The fourth-order valence-corrected chi connectivity index (χ4v) is 2.68. The molecule has 2 aromatic carbocycles. The van der Waals surface area contributed by atoms with Crippen LogP contribution in [0, 0.1) is 13.8 Å². The van der Waals surface area contributed by atoms with Gasteiger partial charge in [0.25, 0.3) is 0 Å². The molecule has 0 spiro atoms. The van der Waals surface area contributed by atoms with Crippen LogP contribution in [0.3, 0.4) is 0 Å². The zero-order valence-corrected chi connectivity index (χ0v) is 15.9. The molecule has 3 N–H and O–H groups in total. The summed E-state index contributed by atoms with van der Waals surface area (Å²) in [6, 6.07) is 13.5. The van der Waals surface area contributed by atoms with Gasteiger partial charge in [0, 0.05) is 12.0 Å². The Hall–Kier alpha value is -2.17. The Balaban J connectivity index is 1.85. The number of aliphatic hydroxyl groups is 1. The van der Waals surface area contributed by atoms with Crippen LogP contribution in [0.2, 0.25) is 0 Å². The van der Waals surface area contributed by atoms with Gasteiger partial charge in [-0.2, -0.15) is 0 Å². The van der Waals surface area contributed by atoms with Crippen molar-refractivity contribution in [2.75, 3.05) is 13.2 Å². The van der Waals surface area contributed by atoms with Gasteiger partial charge in [0.2, 0.25) is 0 Å². The van der Waals surface area contributed by atoms with E-state index in [2.05, 4.69) is 32.0 Å². The third-order valence-electron chi connectivity index (χ3n) is 4.46. The average Bonchev–Trinajstić information content (AvgIpc) is 2.63. The first-order valence-electron chi connectivity index (χ1n) is 9.03. The molecule has 140 valence electrons. The highest BCUT2D eigenvalue weighted by molar-refractivity contribution is 5.96. The molecular weight excluding hydrogens is 326 g/mol. The number of aryl methyl sites for hydroxylation is 3. The summed E-state index contributed by atoms with van der Waals surface area (Å²) in [6.07, 6.45) is 2.28. The zero-order chi connectivity index (χ0) is 19.2. The number of ketones is 1. The molecule has 0 bridgehead atoms. The zero-order valence-electron chi connectivity index (χ0n) is 15.9. The lowest BCUT2D eigenvalue weighted by atomic mass is 9.98. The third kappa shape index (κ3) is 5.97. The molecule has 0 heterocycles. The number of nitrogens with two attached hydrogens (primary N) is 1. The van der Waals surface area contributed by atoms with Crippen molar-refractivity contribution in [3.05, 3.63) is 64.7 Å². The Kier molecular flexibility index (Phi) is 6.95. The van der Waals surface area contributed by atoms with Gasteiger partial charge in [-0.15, -0.1) is 0 Å². The molecule has 4 heteroatoms. The maximum atomic E-state index is 12.4. The second-order valence-electron chi connectivity index (χ2n) is 7.33. The van der Waals surface area contributed by atoms with Crippen LogP contribution < -0.4 is 10.5 Å². The minimum Gasteiger partial charge on any atom is -0.492 e. The van der Waals surface area contributed by atoms with Crippen LogP contribution in [0.15, 0.2) is 42.5 Å². The minimum absolute atomic E-state index is 0.140. The average molecular weight is 355 g/mol. The molecule has 0 aromatic heterocycles. The Morgan fingerprint density at radius 1 is 1.15 bits per heavy atom. The fraction of sp³-hybridized carbons (Fsp3) is 0.409. The van der Waals surface area contributed by atoms with Crippen molar-refractivity contribution in [2.45, 2.75) is 45.6 Å². The van der Waals surface area contributed by atoms with Crippen LogP contribution in [-0.4, -0.2) is 29.6 Å². The lowest BCUT2D eigenvalue weighted by Crippen LogP contribution is -2.45. The van der Waals surface area contributed by atoms with Gasteiger partial charge in [0.1, 0.15) is 12.4 Å². The molecule has 0 radical (unpaired) electrons. The van der Waals surface area contributed by atoms with Gasteiger partial charge in [-0.3, -0.25) is 4.79 Å². The summed E-state index contributed by atoms with van der Waals surface area (Å²) in [5.74, 6) is 0.780. The van der Waals surface area contributed by atoms with E-state index in [1.807, 2.05) is 0 Å².